The smallest absolute Gasteiger partial charge is 0.191 e. The van der Waals surface area contributed by atoms with Crippen molar-refractivity contribution in [1.82, 2.24) is 15.5 Å². The van der Waals surface area contributed by atoms with Crippen molar-refractivity contribution in [1.29, 1.82) is 0 Å². The van der Waals surface area contributed by atoms with Crippen molar-refractivity contribution in [2.24, 2.45) is 10.9 Å². The molecule has 26 heavy (non-hydrogen) atoms. The van der Waals surface area contributed by atoms with Crippen molar-refractivity contribution in [2.75, 3.05) is 51.7 Å². The lowest BCUT2D eigenvalue weighted by Gasteiger charge is -2.29. The second-order valence-corrected chi connectivity index (χ2v) is 8.42. The number of benzene rings is 1. The molecule has 0 aromatic heterocycles. The molecule has 0 saturated carbocycles. The van der Waals surface area contributed by atoms with Crippen LogP contribution in [-0.4, -0.2) is 63.7 Å². The number of nitrogens with zero attached hydrogens (tertiary/aromatic N) is 3. The molecule has 2 aliphatic rings. The molecule has 1 aromatic carbocycles. The Labute approximate surface area is 166 Å². The highest BCUT2D eigenvalue weighted by Crippen LogP contribution is 2.28. The molecule has 2 fully saturated rings. The summed E-state index contributed by atoms with van der Waals surface area (Å²) < 4.78 is 1.17. The number of hydrogen-bond donors (Lipinski definition) is 2. The van der Waals surface area contributed by atoms with Gasteiger partial charge in [-0.3, -0.25) is 4.99 Å². The Balaban J connectivity index is 1.41. The van der Waals surface area contributed by atoms with Gasteiger partial charge in [0.1, 0.15) is 0 Å². The van der Waals surface area contributed by atoms with Crippen LogP contribution in [0.4, 0.5) is 5.69 Å². The van der Waals surface area contributed by atoms with Gasteiger partial charge in [-0.2, -0.15) is 0 Å². The quantitative estimate of drug-likeness (QED) is 0.566. The molecule has 1 unspecified atom stereocenters. The van der Waals surface area contributed by atoms with Gasteiger partial charge < -0.3 is 20.4 Å². The first-order valence-electron chi connectivity index (χ1n) is 9.81. The molecule has 2 saturated heterocycles. The van der Waals surface area contributed by atoms with Crippen LogP contribution < -0.4 is 15.5 Å². The van der Waals surface area contributed by atoms with E-state index in [1.54, 1.807) is 0 Å². The second kappa shape index (κ2) is 9.60. The molecule has 2 aliphatic heterocycles. The highest BCUT2D eigenvalue weighted by Gasteiger charge is 2.24. The first kappa shape index (κ1) is 19.5. The zero-order chi connectivity index (χ0) is 18.4. The van der Waals surface area contributed by atoms with Crippen LogP contribution in [0.15, 0.2) is 33.7 Å². The summed E-state index contributed by atoms with van der Waals surface area (Å²) in [5.41, 5.74) is 1.28. The van der Waals surface area contributed by atoms with Gasteiger partial charge in [0.2, 0.25) is 0 Å². The molecule has 0 bridgehead atoms. The van der Waals surface area contributed by atoms with Gasteiger partial charge in [-0.25, -0.2) is 0 Å². The minimum atomic E-state index is 0.441. The maximum absolute atomic E-state index is 4.42. The van der Waals surface area contributed by atoms with Crippen LogP contribution in [0, 0.1) is 5.92 Å². The topological polar surface area (TPSA) is 42.9 Å². The third-order valence-corrected chi connectivity index (χ3v) is 6.30. The van der Waals surface area contributed by atoms with Crippen LogP contribution in [0.5, 0.6) is 0 Å². The highest BCUT2D eigenvalue weighted by atomic mass is 79.9. The molecule has 2 heterocycles. The van der Waals surface area contributed by atoms with Gasteiger partial charge in [-0.05, 0) is 79.8 Å². The molecule has 1 atom stereocenters. The minimum Gasteiger partial charge on any atom is -0.368 e. The Hall–Kier alpha value is -1.27. The average Bonchev–Trinajstić information content (AvgIpc) is 3.11. The summed E-state index contributed by atoms with van der Waals surface area (Å²) >= 11 is 3.67. The number of rotatable bonds is 5. The van der Waals surface area contributed by atoms with Crippen molar-refractivity contribution in [3.8, 4) is 0 Å². The zero-order valence-electron chi connectivity index (χ0n) is 16.0. The zero-order valence-corrected chi connectivity index (χ0v) is 17.6. The van der Waals surface area contributed by atoms with Gasteiger partial charge in [0.25, 0.3) is 0 Å². The van der Waals surface area contributed by atoms with E-state index in [1.807, 2.05) is 7.05 Å². The standard InChI is InChI=1S/C20H32BrN5/c1-22-20(23-11-7-16-8-12-25(2)13-9-16)24-17-10-14-26(15-17)19-6-4-3-5-18(19)21/h3-6,16-17H,7-15H2,1-2H3,(H2,22,23,24). The van der Waals surface area contributed by atoms with Crippen molar-refractivity contribution in [2.45, 2.75) is 31.7 Å². The summed E-state index contributed by atoms with van der Waals surface area (Å²) in [4.78, 5) is 9.29. The first-order valence-corrected chi connectivity index (χ1v) is 10.6. The van der Waals surface area contributed by atoms with E-state index in [-0.39, 0.29) is 0 Å². The number of aliphatic imine (C=N–C) groups is 1. The van der Waals surface area contributed by atoms with Crippen molar-refractivity contribution < 1.29 is 0 Å². The molecule has 0 spiro atoms. The minimum absolute atomic E-state index is 0.441. The number of nitrogens with one attached hydrogen (secondary N) is 2. The van der Waals surface area contributed by atoms with Crippen LogP contribution in [0.25, 0.3) is 0 Å². The van der Waals surface area contributed by atoms with Gasteiger partial charge in [-0.15, -0.1) is 0 Å². The van der Waals surface area contributed by atoms with Crippen LogP contribution in [0.3, 0.4) is 0 Å². The molecule has 6 heteroatoms. The lowest BCUT2D eigenvalue weighted by atomic mass is 9.94. The van der Waals surface area contributed by atoms with Gasteiger partial charge in [-0.1, -0.05) is 12.1 Å². The number of anilines is 1. The van der Waals surface area contributed by atoms with E-state index in [9.17, 15) is 0 Å². The SMILES string of the molecule is CN=C(NCCC1CCN(C)CC1)NC1CCN(c2ccccc2Br)C1. The van der Waals surface area contributed by atoms with Gasteiger partial charge in [0.05, 0.1) is 5.69 Å². The monoisotopic (exact) mass is 421 g/mol. The van der Waals surface area contributed by atoms with Crippen LogP contribution in [0.1, 0.15) is 25.7 Å². The fourth-order valence-corrected chi connectivity index (χ4v) is 4.47. The normalized spacial score (nSPS) is 22.7. The van der Waals surface area contributed by atoms with E-state index in [0.717, 1.165) is 37.9 Å². The Morgan fingerprint density at radius 2 is 1.96 bits per heavy atom. The predicted octanol–water partition coefficient (Wildman–Crippen LogP) is 2.92. The van der Waals surface area contributed by atoms with Gasteiger partial charge >= 0.3 is 0 Å². The summed E-state index contributed by atoms with van der Waals surface area (Å²) in [6.07, 6.45) is 5.03. The number of para-hydroxylation sites is 1. The third-order valence-electron chi connectivity index (χ3n) is 5.63. The Morgan fingerprint density at radius 1 is 1.19 bits per heavy atom. The van der Waals surface area contributed by atoms with Crippen molar-refractivity contribution in [3.63, 3.8) is 0 Å². The lowest BCUT2D eigenvalue weighted by molar-refractivity contribution is 0.213. The molecule has 1 aromatic rings. The summed E-state index contributed by atoms with van der Waals surface area (Å²) in [6, 6.07) is 8.90. The average molecular weight is 422 g/mol. The maximum Gasteiger partial charge on any atom is 0.191 e. The Morgan fingerprint density at radius 3 is 2.69 bits per heavy atom. The van der Waals surface area contributed by atoms with Crippen LogP contribution in [0.2, 0.25) is 0 Å². The molecule has 5 nitrogen and oxygen atoms in total. The highest BCUT2D eigenvalue weighted by molar-refractivity contribution is 9.10. The van der Waals surface area contributed by atoms with Gasteiger partial charge in [0, 0.05) is 37.2 Å². The largest absolute Gasteiger partial charge is 0.368 e. The predicted molar refractivity (Wildman–Crippen MR) is 114 cm³/mol. The fraction of sp³-hybridized carbons (Fsp3) is 0.650. The van der Waals surface area contributed by atoms with Gasteiger partial charge in [0.15, 0.2) is 5.96 Å². The lowest BCUT2D eigenvalue weighted by Crippen LogP contribution is -2.45. The Bertz CT molecular complexity index is 598. The van der Waals surface area contributed by atoms with Crippen LogP contribution in [-0.2, 0) is 0 Å². The number of guanidine groups is 1. The van der Waals surface area contributed by atoms with E-state index < -0.39 is 0 Å². The van der Waals surface area contributed by atoms with Crippen molar-refractivity contribution in [3.05, 3.63) is 28.7 Å². The molecule has 0 aliphatic carbocycles. The summed E-state index contributed by atoms with van der Waals surface area (Å²) in [7, 11) is 4.09. The molecule has 3 rings (SSSR count). The van der Waals surface area contributed by atoms with E-state index in [4.69, 9.17) is 0 Å². The number of piperidine rings is 1. The Kier molecular flexibility index (Phi) is 7.20. The summed E-state index contributed by atoms with van der Waals surface area (Å²) in [5, 5.41) is 7.12. The van der Waals surface area contributed by atoms with E-state index >= 15 is 0 Å². The molecule has 0 radical (unpaired) electrons. The first-order chi connectivity index (χ1) is 12.7. The molecular weight excluding hydrogens is 390 g/mol. The van der Waals surface area contributed by atoms with E-state index in [0.29, 0.717) is 6.04 Å². The van der Waals surface area contributed by atoms with Crippen molar-refractivity contribution >= 4 is 27.6 Å². The molecule has 2 N–H and O–H groups in total. The van der Waals surface area contributed by atoms with Crippen LogP contribution >= 0.6 is 15.9 Å². The summed E-state index contributed by atoms with van der Waals surface area (Å²) in [6.45, 7) is 5.58. The third kappa shape index (κ3) is 5.36. The maximum atomic E-state index is 4.42. The fourth-order valence-electron chi connectivity index (χ4n) is 3.94. The van der Waals surface area contributed by atoms with E-state index in [1.165, 1.54) is 42.5 Å². The second-order valence-electron chi connectivity index (χ2n) is 7.56. The molecule has 144 valence electrons. The molecular formula is C20H32BrN5. The molecule has 0 amide bonds. The van der Waals surface area contributed by atoms with E-state index in [2.05, 4.69) is 72.7 Å². The number of halogens is 1. The number of hydrogen-bond acceptors (Lipinski definition) is 3. The number of likely N-dealkylation sites (tertiary alicyclic amines) is 1. The summed E-state index contributed by atoms with van der Waals surface area (Å²) in [5.74, 6) is 1.80.